The molecule has 23 heavy (non-hydrogen) atoms. The van der Waals surface area contributed by atoms with Crippen LogP contribution in [0.1, 0.15) is 29.8 Å². The lowest BCUT2D eigenvalue weighted by Crippen LogP contribution is -2.53. The van der Waals surface area contributed by atoms with Crippen molar-refractivity contribution >= 4 is 11.8 Å². The number of rotatable bonds is 3. The lowest BCUT2D eigenvalue weighted by Gasteiger charge is -2.36. The van der Waals surface area contributed by atoms with E-state index in [1.165, 1.54) is 6.07 Å². The molecule has 0 aliphatic carbocycles. The van der Waals surface area contributed by atoms with E-state index in [2.05, 4.69) is 0 Å². The third kappa shape index (κ3) is 3.88. The fourth-order valence-electron chi connectivity index (χ4n) is 2.55. The van der Waals surface area contributed by atoms with Crippen LogP contribution >= 0.6 is 0 Å². The van der Waals surface area contributed by atoms with Gasteiger partial charge in [-0.15, -0.1) is 0 Å². The highest BCUT2D eigenvalue weighted by Crippen LogP contribution is 2.14. The average Bonchev–Trinajstić information content (AvgIpc) is 2.55. The maximum absolute atomic E-state index is 13.6. The number of aryl methyl sites for hydroxylation is 1. The van der Waals surface area contributed by atoms with E-state index in [0.717, 1.165) is 0 Å². The molecule has 2 unspecified atom stereocenters. The van der Waals surface area contributed by atoms with Crippen molar-refractivity contribution in [2.24, 2.45) is 11.7 Å². The Morgan fingerprint density at radius 1 is 1.13 bits per heavy atom. The first-order valence-corrected chi connectivity index (χ1v) is 7.91. The number of hydrogen-bond acceptors (Lipinski definition) is 3. The number of halogens is 1. The molecule has 0 bridgehead atoms. The monoisotopic (exact) mass is 321 g/mol. The van der Waals surface area contributed by atoms with Gasteiger partial charge in [-0.05, 0) is 31.5 Å². The molecule has 1 aromatic carbocycles. The second kappa shape index (κ2) is 7.08. The number of amides is 2. The van der Waals surface area contributed by atoms with Crippen LogP contribution in [-0.2, 0) is 4.79 Å². The summed E-state index contributed by atoms with van der Waals surface area (Å²) < 4.78 is 13.6. The molecule has 1 aliphatic rings. The largest absolute Gasteiger partial charge is 0.339 e. The number of piperazine rings is 1. The van der Waals surface area contributed by atoms with Crippen molar-refractivity contribution in [1.82, 2.24) is 9.80 Å². The van der Waals surface area contributed by atoms with Crippen LogP contribution in [0.5, 0.6) is 0 Å². The molecule has 0 spiro atoms. The van der Waals surface area contributed by atoms with Gasteiger partial charge >= 0.3 is 0 Å². The average molecular weight is 321 g/mol. The maximum atomic E-state index is 13.6. The first-order valence-electron chi connectivity index (χ1n) is 7.91. The van der Waals surface area contributed by atoms with Gasteiger partial charge in [-0.3, -0.25) is 9.59 Å². The molecule has 126 valence electrons. The van der Waals surface area contributed by atoms with Crippen LogP contribution in [-0.4, -0.2) is 53.8 Å². The minimum Gasteiger partial charge on any atom is -0.339 e. The Kier molecular flexibility index (Phi) is 5.36. The molecular weight excluding hydrogens is 297 g/mol. The Balaban J connectivity index is 1.97. The number of nitrogens with two attached hydrogens (primary N) is 1. The highest BCUT2D eigenvalue weighted by Gasteiger charge is 2.28. The zero-order chi connectivity index (χ0) is 17.1. The smallest absolute Gasteiger partial charge is 0.254 e. The lowest BCUT2D eigenvalue weighted by molar-refractivity contribution is -0.137. The summed E-state index contributed by atoms with van der Waals surface area (Å²) in [5, 5.41) is 0. The number of nitrogens with zero attached hydrogens (tertiary/aromatic N) is 2. The Morgan fingerprint density at radius 3 is 2.22 bits per heavy atom. The minimum atomic E-state index is -0.379. The first-order chi connectivity index (χ1) is 10.8. The summed E-state index contributed by atoms with van der Waals surface area (Å²) in [5.74, 6) is -0.788. The van der Waals surface area contributed by atoms with Crippen molar-refractivity contribution in [2.45, 2.75) is 26.8 Å². The van der Waals surface area contributed by atoms with Crippen LogP contribution in [0.25, 0.3) is 0 Å². The Labute approximate surface area is 136 Å². The van der Waals surface area contributed by atoms with Gasteiger partial charge in [0.05, 0.1) is 5.92 Å². The summed E-state index contributed by atoms with van der Waals surface area (Å²) in [6, 6.07) is 4.31. The number of hydrogen-bond donors (Lipinski definition) is 1. The van der Waals surface area contributed by atoms with Gasteiger partial charge in [-0.2, -0.15) is 0 Å². The van der Waals surface area contributed by atoms with E-state index >= 15 is 0 Å². The van der Waals surface area contributed by atoms with E-state index in [1.54, 1.807) is 28.9 Å². The zero-order valence-corrected chi connectivity index (χ0v) is 13.9. The van der Waals surface area contributed by atoms with Crippen LogP contribution < -0.4 is 5.73 Å². The predicted molar refractivity (Wildman–Crippen MR) is 86.4 cm³/mol. The fraction of sp³-hybridized carbons (Fsp3) is 0.529. The molecule has 2 atom stereocenters. The molecule has 1 heterocycles. The molecule has 6 heteroatoms. The van der Waals surface area contributed by atoms with Crippen molar-refractivity contribution in [3.8, 4) is 0 Å². The quantitative estimate of drug-likeness (QED) is 0.915. The fourth-order valence-corrected chi connectivity index (χ4v) is 2.55. The SMILES string of the molecule is Cc1ccc(C(=O)N2CCN(C(=O)C(C)C(C)N)CC2)cc1F. The van der Waals surface area contributed by atoms with Crippen molar-refractivity contribution < 1.29 is 14.0 Å². The summed E-state index contributed by atoms with van der Waals surface area (Å²) in [7, 11) is 0. The molecule has 2 N–H and O–H groups in total. The zero-order valence-electron chi connectivity index (χ0n) is 13.9. The number of carbonyl (C=O) groups is 2. The van der Waals surface area contributed by atoms with Crippen molar-refractivity contribution in [3.05, 3.63) is 35.1 Å². The summed E-state index contributed by atoms with van der Waals surface area (Å²) in [6.45, 7) is 7.16. The van der Waals surface area contributed by atoms with Crippen molar-refractivity contribution in [3.63, 3.8) is 0 Å². The van der Waals surface area contributed by atoms with E-state index in [4.69, 9.17) is 5.73 Å². The number of benzene rings is 1. The van der Waals surface area contributed by atoms with Gasteiger partial charge in [0, 0.05) is 37.8 Å². The molecule has 0 aromatic heterocycles. The Morgan fingerprint density at radius 2 is 1.70 bits per heavy atom. The maximum Gasteiger partial charge on any atom is 0.254 e. The standard InChI is InChI=1S/C17H24FN3O2/c1-11-4-5-14(10-15(11)18)17(23)21-8-6-20(7-9-21)16(22)12(2)13(3)19/h4-5,10,12-13H,6-9,19H2,1-3H3. The summed E-state index contributed by atoms with van der Waals surface area (Å²) in [4.78, 5) is 28.1. The van der Waals surface area contributed by atoms with Gasteiger partial charge in [0.1, 0.15) is 5.82 Å². The third-order valence-corrected chi connectivity index (χ3v) is 4.48. The molecular formula is C17H24FN3O2. The van der Waals surface area contributed by atoms with Gasteiger partial charge in [-0.25, -0.2) is 4.39 Å². The molecule has 2 rings (SSSR count). The Hall–Kier alpha value is -1.95. The van der Waals surface area contributed by atoms with E-state index in [9.17, 15) is 14.0 Å². The summed E-state index contributed by atoms with van der Waals surface area (Å²) >= 11 is 0. The molecule has 1 aromatic rings. The van der Waals surface area contributed by atoms with E-state index in [-0.39, 0.29) is 29.6 Å². The second-order valence-electron chi connectivity index (χ2n) is 6.23. The molecule has 1 fully saturated rings. The molecule has 2 amide bonds. The van der Waals surface area contributed by atoms with Gasteiger partial charge in [0.25, 0.3) is 5.91 Å². The summed E-state index contributed by atoms with van der Waals surface area (Å²) in [6.07, 6.45) is 0. The minimum absolute atomic E-state index is 0.0217. The topological polar surface area (TPSA) is 66.6 Å². The predicted octanol–water partition coefficient (Wildman–Crippen LogP) is 1.40. The highest BCUT2D eigenvalue weighted by molar-refractivity contribution is 5.94. The Bertz CT molecular complexity index is 596. The second-order valence-corrected chi connectivity index (χ2v) is 6.23. The normalized spacial score (nSPS) is 17.8. The van der Waals surface area contributed by atoms with Crippen LogP contribution in [0.3, 0.4) is 0 Å². The van der Waals surface area contributed by atoms with Gasteiger partial charge in [0.15, 0.2) is 0 Å². The van der Waals surface area contributed by atoms with Crippen LogP contribution in [0, 0.1) is 18.7 Å². The lowest BCUT2D eigenvalue weighted by atomic mass is 10.0. The van der Waals surface area contributed by atoms with E-state index in [0.29, 0.717) is 37.3 Å². The van der Waals surface area contributed by atoms with Crippen molar-refractivity contribution in [2.75, 3.05) is 26.2 Å². The van der Waals surface area contributed by atoms with Crippen LogP contribution in [0.2, 0.25) is 0 Å². The van der Waals surface area contributed by atoms with Gasteiger partial charge < -0.3 is 15.5 Å². The molecule has 1 aliphatic heterocycles. The van der Waals surface area contributed by atoms with E-state index < -0.39 is 0 Å². The molecule has 0 saturated carbocycles. The highest BCUT2D eigenvalue weighted by atomic mass is 19.1. The molecule has 5 nitrogen and oxygen atoms in total. The van der Waals surface area contributed by atoms with Crippen LogP contribution in [0.15, 0.2) is 18.2 Å². The van der Waals surface area contributed by atoms with Crippen LogP contribution in [0.4, 0.5) is 4.39 Å². The first kappa shape index (κ1) is 17.4. The molecule has 1 saturated heterocycles. The molecule has 0 radical (unpaired) electrons. The summed E-state index contributed by atoms with van der Waals surface area (Å²) in [5.41, 5.74) is 6.63. The van der Waals surface area contributed by atoms with Gasteiger partial charge in [0.2, 0.25) is 5.91 Å². The van der Waals surface area contributed by atoms with Crippen molar-refractivity contribution in [1.29, 1.82) is 0 Å². The van der Waals surface area contributed by atoms with Gasteiger partial charge in [-0.1, -0.05) is 13.0 Å². The number of carbonyl (C=O) groups excluding carboxylic acids is 2. The third-order valence-electron chi connectivity index (χ3n) is 4.48. The van der Waals surface area contributed by atoms with E-state index in [1.807, 2.05) is 13.8 Å².